The van der Waals surface area contributed by atoms with Crippen LogP contribution in [0.2, 0.25) is 0 Å². The van der Waals surface area contributed by atoms with Crippen molar-refractivity contribution in [1.82, 2.24) is 10.6 Å². The number of halogens is 7. The molecule has 11 heteroatoms. The lowest BCUT2D eigenvalue weighted by Gasteiger charge is -2.37. The highest BCUT2D eigenvalue weighted by molar-refractivity contribution is 7.80. The number of amides is 1. The molecule has 1 unspecified atom stereocenters. The van der Waals surface area contributed by atoms with E-state index < -0.39 is 41.5 Å². The van der Waals surface area contributed by atoms with Gasteiger partial charge in [0.25, 0.3) is 0 Å². The van der Waals surface area contributed by atoms with E-state index in [2.05, 4.69) is 12.2 Å². The van der Waals surface area contributed by atoms with Crippen molar-refractivity contribution in [1.29, 1.82) is 0 Å². The van der Waals surface area contributed by atoms with Gasteiger partial charge in [0, 0.05) is 6.54 Å². The number of rotatable bonds is 1. The minimum absolute atomic E-state index is 0.456. The molecule has 1 saturated heterocycles. The van der Waals surface area contributed by atoms with Crippen molar-refractivity contribution in [3.05, 3.63) is 0 Å². The fourth-order valence-electron chi connectivity index (χ4n) is 1.41. The Morgan fingerprint density at radius 3 is 1.83 bits per heavy atom. The molecule has 2 N–H and O–H groups in total. The molecule has 1 aliphatic heterocycles. The number of hydrogen-bond acceptors (Lipinski definition) is 2. The fourth-order valence-corrected chi connectivity index (χ4v) is 1.59. The fraction of sp³-hybridized carbons (Fsp3) is 0.714. The van der Waals surface area contributed by atoms with Crippen molar-refractivity contribution in [2.75, 3.05) is 6.54 Å². The van der Waals surface area contributed by atoms with E-state index in [1.54, 1.807) is 0 Å². The molecule has 1 amide bonds. The third-order valence-corrected chi connectivity index (χ3v) is 2.57. The summed E-state index contributed by atoms with van der Waals surface area (Å²) in [6.45, 7) is -1.19. The predicted molar refractivity (Wildman–Crippen MR) is 48.2 cm³/mol. The summed E-state index contributed by atoms with van der Waals surface area (Å²) in [4.78, 5) is 11.1. The van der Waals surface area contributed by atoms with Crippen LogP contribution in [0, 0.1) is 5.92 Å². The first kappa shape index (κ1) is 14.9. The van der Waals surface area contributed by atoms with E-state index in [4.69, 9.17) is 0 Å². The van der Waals surface area contributed by atoms with Crippen LogP contribution in [-0.2, 0) is 4.79 Å². The molecule has 0 aliphatic carbocycles. The van der Waals surface area contributed by atoms with Gasteiger partial charge < -0.3 is 10.6 Å². The average Bonchev–Trinajstić information content (AvgIpc) is 2.12. The maximum atomic E-state index is 13.5. The van der Waals surface area contributed by atoms with Gasteiger partial charge in [-0.15, -0.1) is 0 Å². The van der Waals surface area contributed by atoms with Crippen LogP contribution in [0.25, 0.3) is 0 Å². The summed E-state index contributed by atoms with van der Waals surface area (Å²) in [5.41, 5.74) is -5.63. The van der Waals surface area contributed by atoms with Gasteiger partial charge in [0.2, 0.25) is 5.91 Å². The maximum Gasteiger partial charge on any atom is 0.432 e. The van der Waals surface area contributed by atoms with E-state index in [1.165, 1.54) is 5.32 Å². The van der Waals surface area contributed by atoms with Gasteiger partial charge in [-0.1, -0.05) is 0 Å². The van der Waals surface area contributed by atoms with Crippen molar-refractivity contribution < 1.29 is 35.5 Å². The van der Waals surface area contributed by atoms with Gasteiger partial charge in [-0.25, -0.2) is 4.39 Å². The molecule has 1 aliphatic rings. The Balaban J connectivity index is 3.21. The highest BCUT2D eigenvalue weighted by Crippen LogP contribution is 2.50. The molecular formula is C7H5F7N2OS. The molecular weight excluding hydrogens is 293 g/mol. The number of carbonyl (C=O) groups excluding carboxylic acids is 1. The second kappa shape index (κ2) is 4.21. The first-order chi connectivity index (χ1) is 7.91. The van der Waals surface area contributed by atoms with Crippen LogP contribution in [0.15, 0.2) is 0 Å². The second-order valence-electron chi connectivity index (χ2n) is 3.46. The van der Waals surface area contributed by atoms with Crippen molar-refractivity contribution in [3.8, 4) is 0 Å². The van der Waals surface area contributed by atoms with Crippen LogP contribution in [0.5, 0.6) is 0 Å². The third kappa shape index (κ3) is 2.22. The van der Waals surface area contributed by atoms with Crippen molar-refractivity contribution in [3.63, 3.8) is 0 Å². The number of nitrogens with one attached hydrogen (secondary N) is 2. The lowest BCUT2D eigenvalue weighted by Crippen LogP contribution is -2.67. The average molecular weight is 298 g/mol. The Hall–Kier alpha value is -1.13. The molecule has 0 aromatic carbocycles. The van der Waals surface area contributed by atoms with E-state index in [1.807, 2.05) is 5.32 Å². The Labute approximate surface area is 101 Å². The molecule has 0 bridgehead atoms. The third-order valence-electron chi connectivity index (χ3n) is 2.33. The van der Waals surface area contributed by atoms with E-state index in [-0.39, 0.29) is 0 Å². The molecule has 0 spiro atoms. The van der Waals surface area contributed by atoms with Crippen molar-refractivity contribution in [2.24, 2.45) is 5.92 Å². The number of carbonyl (C=O) groups is 1. The van der Waals surface area contributed by atoms with Gasteiger partial charge in [0.15, 0.2) is 5.11 Å². The van der Waals surface area contributed by atoms with Crippen LogP contribution in [0.4, 0.5) is 30.7 Å². The summed E-state index contributed by atoms with van der Waals surface area (Å²) >= 11 is 4.32. The minimum atomic E-state index is -6.27. The molecule has 1 atom stereocenters. The lowest BCUT2D eigenvalue weighted by atomic mass is 9.86. The van der Waals surface area contributed by atoms with Gasteiger partial charge in [0.1, 0.15) is 5.92 Å². The van der Waals surface area contributed by atoms with E-state index >= 15 is 0 Å². The van der Waals surface area contributed by atoms with E-state index in [0.29, 0.717) is 0 Å². The molecule has 1 fully saturated rings. The lowest BCUT2D eigenvalue weighted by molar-refractivity contribution is -0.353. The van der Waals surface area contributed by atoms with E-state index in [0.717, 1.165) is 0 Å². The van der Waals surface area contributed by atoms with Gasteiger partial charge in [0.05, 0.1) is 0 Å². The summed E-state index contributed by atoms with van der Waals surface area (Å²) in [6.07, 6.45) is -12.5. The van der Waals surface area contributed by atoms with Crippen LogP contribution >= 0.6 is 12.2 Å². The Morgan fingerprint density at radius 2 is 1.50 bits per heavy atom. The van der Waals surface area contributed by atoms with E-state index in [9.17, 15) is 35.5 Å². The molecule has 1 rings (SSSR count). The zero-order chi connectivity index (χ0) is 14.4. The monoisotopic (exact) mass is 298 g/mol. The zero-order valence-corrected chi connectivity index (χ0v) is 9.06. The highest BCUT2D eigenvalue weighted by Gasteiger charge is 2.77. The molecule has 104 valence electrons. The Morgan fingerprint density at radius 1 is 1.06 bits per heavy atom. The summed E-state index contributed by atoms with van der Waals surface area (Å²) in [5, 5.41) is 2.94. The second-order valence-corrected chi connectivity index (χ2v) is 3.87. The first-order valence-electron chi connectivity index (χ1n) is 4.32. The van der Waals surface area contributed by atoms with Gasteiger partial charge in [-0.3, -0.25) is 4.79 Å². The Bertz CT molecular complexity index is 363. The van der Waals surface area contributed by atoms with Crippen LogP contribution in [0.3, 0.4) is 0 Å². The molecule has 0 saturated carbocycles. The standard InChI is InChI=1S/C7H5F7N2OS/c8-5(6(9,10)11,7(12,13)14)2-1-15-4(18)16-3(2)17/h2H,1H2,(H2,15,16,17,18). The molecule has 0 aromatic rings. The normalized spacial score (nSPS) is 22.5. The topological polar surface area (TPSA) is 41.1 Å². The summed E-state index contributed by atoms with van der Waals surface area (Å²) in [7, 11) is 0. The van der Waals surface area contributed by atoms with Crippen LogP contribution in [0.1, 0.15) is 0 Å². The Kier molecular flexibility index (Phi) is 3.49. The maximum absolute atomic E-state index is 13.5. The summed E-state index contributed by atoms with van der Waals surface area (Å²) in [5.74, 6) is -4.76. The first-order valence-corrected chi connectivity index (χ1v) is 4.73. The largest absolute Gasteiger partial charge is 0.432 e. The highest BCUT2D eigenvalue weighted by atomic mass is 32.1. The summed E-state index contributed by atoms with van der Waals surface area (Å²) < 4.78 is 87.4. The minimum Gasteiger partial charge on any atom is -0.361 e. The molecule has 18 heavy (non-hydrogen) atoms. The number of hydrogen-bond donors (Lipinski definition) is 2. The smallest absolute Gasteiger partial charge is 0.361 e. The molecule has 1 heterocycles. The predicted octanol–water partition coefficient (Wildman–Crippen LogP) is 1.44. The molecule has 0 aromatic heterocycles. The summed E-state index contributed by atoms with van der Waals surface area (Å²) in [6, 6.07) is 0. The molecule has 3 nitrogen and oxygen atoms in total. The van der Waals surface area contributed by atoms with Crippen molar-refractivity contribution in [2.45, 2.75) is 18.0 Å². The quantitative estimate of drug-likeness (QED) is 0.568. The molecule has 0 radical (unpaired) electrons. The SMILES string of the molecule is O=C1NC(=S)NCC1C(F)(C(F)(F)F)C(F)(F)F. The number of alkyl halides is 7. The van der Waals surface area contributed by atoms with Crippen molar-refractivity contribution >= 4 is 23.2 Å². The van der Waals surface area contributed by atoms with Crippen LogP contribution < -0.4 is 10.6 Å². The van der Waals surface area contributed by atoms with Gasteiger partial charge in [-0.05, 0) is 12.2 Å². The number of thiocarbonyl (C=S) groups is 1. The van der Waals surface area contributed by atoms with Gasteiger partial charge in [-0.2, -0.15) is 26.3 Å². The van der Waals surface area contributed by atoms with Crippen LogP contribution in [-0.4, -0.2) is 35.6 Å². The van der Waals surface area contributed by atoms with Gasteiger partial charge >= 0.3 is 18.0 Å². The zero-order valence-electron chi connectivity index (χ0n) is 8.25.